The first-order chi connectivity index (χ1) is 14.8. The van der Waals surface area contributed by atoms with Crippen LogP contribution in [0.5, 0.6) is 0 Å². The molecule has 0 amide bonds. The van der Waals surface area contributed by atoms with Crippen LogP contribution in [-0.4, -0.2) is 20.2 Å². The normalized spacial score (nSPS) is 12.5. The van der Waals surface area contributed by atoms with Gasteiger partial charge < -0.3 is 9.64 Å². The standard InChI is InChI=1S/C28H35NO/c1-4-6-20-29(21-7-5-2)26-17-18-27-23(14-11-15-25(27)22-26)16-19-28(30-3)24-12-9-8-10-13-24/h8-19,22,28H,4-7,20-21H2,1-3H3. The smallest absolute Gasteiger partial charge is 0.101 e. The van der Waals surface area contributed by atoms with Gasteiger partial charge in [0.2, 0.25) is 0 Å². The van der Waals surface area contributed by atoms with Crippen LogP contribution in [0.1, 0.15) is 56.8 Å². The number of unbranched alkanes of at least 4 members (excludes halogenated alkanes) is 2. The molecule has 0 aliphatic carbocycles. The number of rotatable bonds is 11. The van der Waals surface area contributed by atoms with E-state index in [9.17, 15) is 0 Å². The van der Waals surface area contributed by atoms with Crippen LogP contribution in [0.3, 0.4) is 0 Å². The SMILES string of the molecule is CCCCN(CCCC)c1ccc2c(C=CC(OC)c3ccccc3)cccc2c1. The van der Waals surface area contributed by atoms with Crippen molar-refractivity contribution in [3.8, 4) is 0 Å². The summed E-state index contributed by atoms with van der Waals surface area (Å²) in [5, 5.41) is 2.58. The molecule has 2 nitrogen and oxygen atoms in total. The molecule has 0 aromatic heterocycles. The molecule has 3 aromatic carbocycles. The first-order valence-electron chi connectivity index (χ1n) is 11.3. The van der Waals surface area contributed by atoms with Crippen molar-refractivity contribution in [2.75, 3.05) is 25.1 Å². The summed E-state index contributed by atoms with van der Waals surface area (Å²) in [4.78, 5) is 2.55. The summed E-state index contributed by atoms with van der Waals surface area (Å²) in [6, 6.07) is 23.8. The molecule has 0 saturated heterocycles. The van der Waals surface area contributed by atoms with Crippen LogP contribution in [0.15, 0.2) is 72.8 Å². The van der Waals surface area contributed by atoms with Gasteiger partial charge in [0.15, 0.2) is 0 Å². The summed E-state index contributed by atoms with van der Waals surface area (Å²) in [5.74, 6) is 0. The molecule has 3 aromatic rings. The highest BCUT2D eigenvalue weighted by molar-refractivity contribution is 5.92. The summed E-state index contributed by atoms with van der Waals surface area (Å²) >= 11 is 0. The molecule has 0 fully saturated rings. The Labute approximate surface area is 182 Å². The highest BCUT2D eigenvalue weighted by Gasteiger charge is 2.09. The van der Waals surface area contributed by atoms with Gasteiger partial charge in [0, 0.05) is 25.9 Å². The topological polar surface area (TPSA) is 12.5 Å². The third-order valence-corrected chi connectivity index (χ3v) is 5.66. The van der Waals surface area contributed by atoms with Crippen molar-refractivity contribution in [3.63, 3.8) is 0 Å². The van der Waals surface area contributed by atoms with E-state index in [1.54, 1.807) is 7.11 Å². The Hall–Kier alpha value is -2.58. The minimum Gasteiger partial charge on any atom is -0.373 e. The Bertz CT molecular complexity index is 924. The van der Waals surface area contributed by atoms with Gasteiger partial charge in [-0.05, 0) is 46.9 Å². The molecular formula is C28H35NO. The van der Waals surface area contributed by atoms with E-state index < -0.39 is 0 Å². The average Bonchev–Trinajstić information content (AvgIpc) is 2.80. The Morgan fingerprint density at radius 2 is 1.60 bits per heavy atom. The van der Waals surface area contributed by atoms with E-state index in [-0.39, 0.29) is 6.10 Å². The maximum atomic E-state index is 5.70. The first-order valence-corrected chi connectivity index (χ1v) is 11.3. The second-order valence-corrected chi connectivity index (χ2v) is 7.87. The van der Waals surface area contributed by atoms with Gasteiger partial charge in [-0.25, -0.2) is 0 Å². The quantitative estimate of drug-likeness (QED) is 0.327. The van der Waals surface area contributed by atoms with Crippen LogP contribution >= 0.6 is 0 Å². The third-order valence-electron chi connectivity index (χ3n) is 5.66. The molecule has 3 rings (SSSR count). The van der Waals surface area contributed by atoms with Gasteiger partial charge in [-0.15, -0.1) is 0 Å². The zero-order valence-corrected chi connectivity index (χ0v) is 18.7. The summed E-state index contributed by atoms with van der Waals surface area (Å²) < 4.78 is 5.70. The molecule has 0 heterocycles. The van der Waals surface area contributed by atoms with Gasteiger partial charge >= 0.3 is 0 Å². The number of benzene rings is 3. The fraction of sp³-hybridized carbons (Fsp3) is 0.357. The van der Waals surface area contributed by atoms with Crippen LogP contribution in [-0.2, 0) is 4.74 Å². The monoisotopic (exact) mass is 401 g/mol. The van der Waals surface area contributed by atoms with Crippen molar-refractivity contribution in [1.82, 2.24) is 0 Å². The number of methoxy groups -OCH3 is 1. The largest absolute Gasteiger partial charge is 0.373 e. The predicted molar refractivity (Wildman–Crippen MR) is 131 cm³/mol. The first kappa shape index (κ1) is 22.1. The zero-order valence-electron chi connectivity index (χ0n) is 18.7. The number of ether oxygens (including phenoxy) is 1. The summed E-state index contributed by atoms with van der Waals surface area (Å²) in [6.07, 6.45) is 9.23. The zero-order chi connectivity index (χ0) is 21.2. The Morgan fingerprint density at radius 3 is 2.27 bits per heavy atom. The van der Waals surface area contributed by atoms with Gasteiger partial charge in [-0.2, -0.15) is 0 Å². The maximum Gasteiger partial charge on any atom is 0.101 e. The van der Waals surface area contributed by atoms with Crippen molar-refractivity contribution >= 4 is 22.5 Å². The summed E-state index contributed by atoms with van der Waals surface area (Å²) in [5.41, 5.74) is 3.73. The number of hydrogen-bond acceptors (Lipinski definition) is 2. The molecule has 0 bridgehead atoms. The van der Waals surface area contributed by atoms with E-state index in [0.717, 1.165) is 13.1 Å². The van der Waals surface area contributed by atoms with Crippen molar-refractivity contribution in [2.24, 2.45) is 0 Å². The molecule has 1 atom stereocenters. The Morgan fingerprint density at radius 1 is 0.867 bits per heavy atom. The van der Waals surface area contributed by atoms with Crippen molar-refractivity contribution in [2.45, 2.75) is 45.6 Å². The lowest BCUT2D eigenvalue weighted by Crippen LogP contribution is -2.25. The molecule has 0 N–H and O–H groups in total. The van der Waals surface area contributed by atoms with Crippen LogP contribution in [0.2, 0.25) is 0 Å². The van der Waals surface area contributed by atoms with Crippen LogP contribution in [0.4, 0.5) is 5.69 Å². The molecule has 0 spiro atoms. The summed E-state index contributed by atoms with van der Waals surface area (Å²) in [6.45, 7) is 6.79. The van der Waals surface area contributed by atoms with Gasteiger partial charge in [-0.3, -0.25) is 0 Å². The van der Waals surface area contributed by atoms with E-state index in [0.29, 0.717) is 0 Å². The predicted octanol–water partition coefficient (Wildman–Crippen LogP) is 7.65. The molecule has 158 valence electrons. The number of anilines is 1. The molecular weight excluding hydrogens is 366 g/mol. The van der Waals surface area contributed by atoms with Crippen molar-refractivity contribution in [3.05, 3.63) is 83.9 Å². The van der Waals surface area contributed by atoms with Gasteiger partial charge in [0.05, 0.1) is 0 Å². The third kappa shape index (κ3) is 5.73. The van der Waals surface area contributed by atoms with E-state index in [2.05, 4.69) is 91.6 Å². The second-order valence-electron chi connectivity index (χ2n) is 7.87. The van der Waals surface area contributed by atoms with Crippen molar-refractivity contribution < 1.29 is 4.74 Å². The van der Waals surface area contributed by atoms with E-state index >= 15 is 0 Å². The number of fused-ring (bicyclic) bond motifs is 1. The molecule has 0 aliphatic heterocycles. The number of nitrogens with zero attached hydrogens (tertiary/aromatic N) is 1. The molecule has 1 unspecified atom stereocenters. The molecule has 30 heavy (non-hydrogen) atoms. The fourth-order valence-electron chi connectivity index (χ4n) is 3.87. The summed E-state index contributed by atoms with van der Waals surface area (Å²) in [7, 11) is 1.76. The number of hydrogen-bond donors (Lipinski definition) is 0. The van der Waals surface area contributed by atoms with Gasteiger partial charge in [-0.1, -0.05) is 93.4 Å². The van der Waals surface area contributed by atoms with E-state index in [4.69, 9.17) is 4.74 Å². The second kappa shape index (κ2) is 11.6. The Kier molecular flexibility index (Phi) is 8.53. The van der Waals surface area contributed by atoms with Crippen LogP contribution < -0.4 is 4.90 Å². The molecule has 0 saturated carbocycles. The van der Waals surface area contributed by atoms with Crippen LogP contribution in [0, 0.1) is 0 Å². The lowest BCUT2D eigenvalue weighted by atomic mass is 10.0. The molecule has 0 radical (unpaired) electrons. The highest BCUT2D eigenvalue weighted by Crippen LogP contribution is 2.27. The lowest BCUT2D eigenvalue weighted by Gasteiger charge is -2.25. The lowest BCUT2D eigenvalue weighted by molar-refractivity contribution is 0.143. The fourth-order valence-corrected chi connectivity index (χ4v) is 3.87. The van der Waals surface area contributed by atoms with Crippen molar-refractivity contribution in [1.29, 1.82) is 0 Å². The minimum absolute atomic E-state index is 0.0423. The minimum atomic E-state index is -0.0423. The highest BCUT2D eigenvalue weighted by atomic mass is 16.5. The van der Waals surface area contributed by atoms with E-state index in [1.165, 1.54) is 53.3 Å². The maximum absolute atomic E-state index is 5.70. The van der Waals surface area contributed by atoms with Gasteiger partial charge in [0.25, 0.3) is 0 Å². The van der Waals surface area contributed by atoms with Crippen LogP contribution in [0.25, 0.3) is 16.8 Å². The molecule has 0 aliphatic rings. The Balaban J connectivity index is 1.86. The van der Waals surface area contributed by atoms with Gasteiger partial charge in [0.1, 0.15) is 6.10 Å². The average molecular weight is 402 g/mol. The molecule has 2 heteroatoms. The van der Waals surface area contributed by atoms with E-state index in [1.807, 2.05) is 6.07 Å².